The molecule has 2 aromatic heterocycles. The third-order valence-electron chi connectivity index (χ3n) is 4.34. The van der Waals surface area contributed by atoms with Crippen molar-refractivity contribution < 1.29 is 9.59 Å². The second-order valence-corrected chi connectivity index (χ2v) is 6.35. The Bertz CT molecular complexity index is 946. The average molecular weight is 386 g/mol. The minimum atomic E-state index is -0.861. The molecule has 6 heteroatoms. The zero-order valence-corrected chi connectivity index (χ0v) is 15.9. The van der Waals surface area contributed by atoms with Gasteiger partial charge in [-0.05, 0) is 23.8 Å². The predicted molar refractivity (Wildman–Crippen MR) is 111 cm³/mol. The zero-order chi connectivity index (χ0) is 20.5. The van der Waals surface area contributed by atoms with E-state index in [1.807, 2.05) is 30.3 Å². The number of carbonyl (C=O) groups excluding carboxylic acids is 2. The van der Waals surface area contributed by atoms with Gasteiger partial charge in [-0.2, -0.15) is 0 Å². The van der Waals surface area contributed by atoms with Crippen LogP contribution in [-0.4, -0.2) is 33.2 Å². The van der Waals surface area contributed by atoms with E-state index in [0.717, 1.165) is 5.56 Å². The molecule has 0 saturated heterocycles. The molecule has 0 aliphatic carbocycles. The normalized spacial score (nSPS) is 11.3. The largest absolute Gasteiger partial charge is 0.350 e. The molecule has 0 unspecified atom stereocenters. The summed E-state index contributed by atoms with van der Waals surface area (Å²) in [5.41, 5.74) is 1.85. The van der Waals surface area contributed by atoms with Crippen molar-refractivity contribution in [2.24, 2.45) is 0 Å². The van der Waals surface area contributed by atoms with Crippen LogP contribution in [0.25, 0.3) is 0 Å². The van der Waals surface area contributed by atoms with Crippen LogP contribution in [0.2, 0.25) is 0 Å². The minimum Gasteiger partial charge on any atom is -0.350 e. The Morgan fingerprint density at radius 3 is 2.48 bits per heavy atom. The lowest BCUT2D eigenvalue weighted by Gasteiger charge is -2.30. The van der Waals surface area contributed by atoms with Crippen LogP contribution >= 0.6 is 0 Å². The second-order valence-electron chi connectivity index (χ2n) is 6.35. The highest BCUT2D eigenvalue weighted by Gasteiger charge is 2.31. The van der Waals surface area contributed by atoms with Gasteiger partial charge < -0.3 is 10.2 Å². The molecule has 1 N–H and O–H groups in total. The van der Waals surface area contributed by atoms with E-state index < -0.39 is 6.04 Å². The number of hydrogen-bond donors (Lipinski definition) is 1. The molecule has 0 aliphatic heterocycles. The standard InChI is InChI=1S/C23H22N4O2/c1-2-15-27(23(29)20-12-6-7-14-25-20)21(19-11-8-13-24-17-19)22(28)26-16-18-9-4-3-5-10-18/h2-14,17,21H,1,15-16H2,(H,26,28)/t21-/m0/s1. The molecule has 2 amide bonds. The van der Waals surface area contributed by atoms with Gasteiger partial charge in [-0.3, -0.25) is 19.6 Å². The van der Waals surface area contributed by atoms with E-state index in [1.54, 1.807) is 55.0 Å². The molecule has 6 nitrogen and oxygen atoms in total. The molecule has 0 fully saturated rings. The number of hydrogen-bond acceptors (Lipinski definition) is 4. The SMILES string of the molecule is C=CCN(C(=O)c1ccccn1)[C@H](C(=O)NCc1ccccc1)c1cccnc1. The molecule has 0 bridgehead atoms. The highest BCUT2D eigenvalue weighted by atomic mass is 16.2. The lowest BCUT2D eigenvalue weighted by molar-refractivity contribution is -0.126. The summed E-state index contributed by atoms with van der Waals surface area (Å²) in [4.78, 5) is 36.0. The Labute approximate surface area is 169 Å². The van der Waals surface area contributed by atoms with E-state index in [9.17, 15) is 9.59 Å². The first-order chi connectivity index (χ1) is 14.2. The molecule has 1 aromatic carbocycles. The van der Waals surface area contributed by atoms with Crippen LogP contribution in [0.15, 0.2) is 91.9 Å². The smallest absolute Gasteiger partial charge is 0.273 e. The van der Waals surface area contributed by atoms with Gasteiger partial charge in [0.25, 0.3) is 5.91 Å². The maximum Gasteiger partial charge on any atom is 0.273 e. The lowest BCUT2D eigenvalue weighted by atomic mass is 10.1. The van der Waals surface area contributed by atoms with Gasteiger partial charge in [0.15, 0.2) is 0 Å². The van der Waals surface area contributed by atoms with E-state index in [2.05, 4.69) is 21.9 Å². The van der Waals surface area contributed by atoms with E-state index in [-0.39, 0.29) is 24.1 Å². The van der Waals surface area contributed by atoms with Gasteiger partial charge in [0.05, 0.1) is 0 Å². The maximum absolute atomic E-state index is 13.2. The highest BCUT2D eigenvalue weighted by molar-refractivity contribution is 5.96. The summed E-state index contributed by atoms with van der Waals surface area (Å²) in [7, 11) is 0. The van der Waals surface area contributed by atoms with Gasteiger partial charge >= 0.3 is 0 Å². The van der Waals surface area contributed by atoms with Crippen molar-refractivity contribution in [3.8, 4) is 0 Å². The number of aromatic nitrogens is 2. The monoisotopic (exact) mass is 386 g/mol. The Morgan fingerprint density at radius 1 is 1.03 bits per heavy atom. The number of pyridine rings is 2. The van der Waals surface area contributed by atoms with E-state index in [1.165, 1.54) is 4.90 Å². The summed E-state index contributed by atoms with van der Waals surface area (Å²) >= 11 is 0. The van der Waals surface area contributed by atoms with Crippen LogP contribution in [0, 0.1) is 0 Å². The molecule has 1 atom stereocenters. The first-order valence-electron chi connectivity index (χ1n) is 9.25. The summed E-state index contributed by atoms with van der Waals surface area (Å²) in [6.45, 7) is 4.29. The van der Waals surface area contributed by atoms with Crippen molar-refractivity contribution in [1.29, 1.82) is 0 Å². The molecular formula is C23H22N4O2. The zero-order valence-electron chi connectivity index (χ0n) is 15.9. The van der Waals surface area contributed by atoms with Crippen molar-refractivity contribution in [1.82, 2.24) is 20.2 Å². The average Bonchev–Trinajstić information content (AvgIpc) is 2.79. The summed E-state index contributed by atoms with van der Waals surface area (Å²) in [6.07, 6.45) is 6.36. The quantitative estimate of drug-likeness (QED) is 0.604. The fourth-order valence-electron chi connectivity index (χ4n) is 2.97. The molecule has 3 rings (SSSR count). The Kier molecular flexibility index (Phi) is 6.84. The third-order valence-corrected chi connectivity index (χ3v) is 4.34. The fourth-order valence-corrected chi connectivity index (χ4v) is 2.97. The maximum atomic E-state index is 13.2. The van der Waals surface area contributed by atoms with Crippen LogP contribution in [0.1, 0.15) is 27.7 Å². The second kappa shape index (κ2) is 9.94. The number of rotatable bonds is 8. The van der Waals surface area contributed by atoms with Crippen LogP contribution in [0.3, 0.4) is 0 Å². The fraction of sp³-hybridized carbons (Fsp3) is 0.130. The van der Waals surface area contributed by atoms with Gasteiger partial charge in [0.1, 0.15) is 11.7 Å². The summed E-state index contributed by atoms with van der Waals surface area (Å²) in [6, 6.07) is 17.4. The van der Waals surface area contributed by atoms with Gasteiger partial charge in [-0.1, -0.05) is 48.5 Å². The molecular weight excluding hydrogens is 364 g/mol. The van der Waals surface area contributed by atoms with Gasteiger partial charge in [-0.15, -0.1) is 6.58 Å². The van der Waals surface area contributed by atoms with Crippen LogP contribution < -0.4 is 5.32 Å². The third kappa shape index (κ3) is 5.13. The van der Waals surface area contributed by atoms with Crippen LogP contribution in [0.5, 0.6) is 0 Å². The Morgan fingerprint density at radius 2 is 1.83 bits per heavy atom. The summed E-state index contributed by atoms with van der Waals surface area (Å²) in [5, 5.41) is 2.93. The van der Waals surface area contributed by atoms with Crippen LogP contribution in [0.4, 0.5) is 0 Å². The number of nitrogens with one attached hydrogen (secondary N) is 1. The van der Waals surface area contributed by atoms with Crippen molar-refractivity contribution >= 4 is 11.8 Å². The molecule has 0 spiro atoms. The minimum absolute atomic E-state index is 0.188. The van der Waals surface area contributed by atoms with E-state index in [4.69, 9.17) is 0 Å². The molecule has 29 heavy (non-hydrogen) atoms. The van der Waals surface area contributed by atoms with E-state index >= 15 is 0 Å². The molecule has 0 aliphatic rings. The van der Waals surface area contributed by atoms with Gasteiger partial charge in [0.2, 0.25) is 5.91 Å². The van der Waals surface area contributed by atoms with Gasteiger partial charge in [-0.25, -0.2) is 0 Å². The van der Waals surface area contributed by atoms with Crippen molar-refractivity contribution in [3.05, 3.63) is 109 Å². The Hall–Kier alpha value is -3.80. The topological polar surface area (TPSA) is 75.2 Å². The van der Waals surface area contributed by atoms with E-state index in [0.29, 0.717) is 12.1 Å². The first-order valence-corrected chi connectivity index (χ1v) is 9.25. The molecule has 0 saturated carbocycles. The van der Waals surface area contributed by atoms with Crippen molar-refractivity contribution in [2.45, 2.75) is 12.6 Å². The molecule has 3 aromatic rings. The van der Waals surface area contributed by atoms with Crippen LogP contribution in [-0.2, 0) is 11.3 Å². The number of nitrogens with zero attached hydrogens (tertiary/aromatic N) is 3. The predicted octanol–water partition coefficient (Wildman–Crippen LogP) is 3.16. The van der Waals surface area contributed by atoms with Crippen molar-refractivity contribution in [3.63, 3.8) is 0 Å². The van der Waals surface area contributed by atoms with Crippen molar-refractivity contribution in [2.75, 3.05) is 6.54 Å². The molecule has 2 heterocycles. The number of amides is 2. The summed E-state index contributed by atoms with van der Waals surface area (Å²) < 4.78 is 0. The number of carbonyl (C=O) groups is 2. The molecule has 0 radical (unpaired) electrons. The molecule has 146 valence electrons. The number of benzene rings is 1. The highest BCUT2D eigenvalue weighted by Crippen LogP contribution is 2.22. The van der Waals surface area contributed by atoms with Gasteiger partial charge in [0, 0.05) is 37.2 Å². The Balaban J connectivity index is 1.91. The lowest BCUT2D eigenvalue weighted by Crippen LogP contribution is -2.44. The summed E-state index contributed by atoms with van der Waals surface area (Å²) in [5.74, 6) is -0.651. The first kappa shape index (κ1) is 19.9.